The van der Waals surface area contributed by atoms with E-state index in [2.05, 4.69) is 0 Å². The molecule has 0 aliphatic rings. The van der Waals surface area contributed by atoms with E-state index in [-0.39, 0.29) is 15.5 Å². The van der Waals surface area contributed by atoms with Gasteiger partial charge in [0.2, 0.25) is 10.0 Å². The van der Waals surface area contributed by atoms with Crippen molar-refractivity contribution in [3.05, 3.63) is 28.8 Å². The zero-order valence-electron chi connectivity index (χ0n) is 9.40. The van der Waals surface area contributed by atoms with Crippen molar-refractivity contribution in [3.8, 4) is 6.07 Å². The highest BCUT2D eigenvalue weighted by molar-refractivity contribution is 7.89. The first-order chi connectivity index (χ1) is 8.72. The topological polar surface area (TPSA) is 90.2 Å². The molecule has 2 N–H and O–H groups in total. The number of aliphatic hydroxyl groups excluding tert-OH is 1. The summed E-state index contributed by atoms with van der Waals surface area (Å²) in [5.41, 5.74) is 0.0707. The molecule has 0 fully saturated rings. The first-order valence-corrected chi connectivity index (χ1v) is 6.76. The van der Waals surface area contributed by atoms with Crippen LogP contribution in [0.5, 0.6) is 0 Å². The fourth-order valence-electron chi connectivity index (χ4n) is 1.09. The lowest BCUT2D eigenvalue weighted by Crippen LogP contribution is -2.38. The van der Waals surface area contributed by atoms with Crippen LogP contribution in [0, 0.1) is 11.3 Å². The van der Waals surface area contributed by atoms with Gasteiger partial charge in [-0.2, -0.15) is 5.26 Å². The number of halogens is 3. The van der Waals surface area contributed by atoms with Crippen molar-refractivity contribution >= 4 is 21.6 Å². The van der Waals surface area contributed by atoms with E-state index in [4.69, 9.17) is 22.0 Å². The molecule has 0 spiro atoms. The Morgan fingerprint density at radius 2 is 2.11 bits per heavy atom. The second kappa shape index (κ2) is 5.79. The highest BCUT2D eigenvalue weighted by Crippen LogP contribution is 2.20. The average Bonchev–Trinajstić information content (AvgIpc) is 2.36. The standard InChI is InChI=1S/C10H9ClF2N2O3S/c11-9-3-8(2-1-7(9)4-14)19(17,18)15-5-10(12,13)6-16/h1-3,15-16H,5-6H2. The lowest BCUT2D eigenvalue weighted by Gasteiger charge is -2.14. The molecule has 0 saturated heterocycles. The molecule has 0 bridgehead atoms. The number of alkyl halides is 2. The third kappa shape index (κ3) is 4.11. The summed E-state index contributed by atoms with van der Waals surface area (Å²) in [5, 5.41) is 16.9. The molecule has 0 aliphatic carbocycles. The minimum Gasteiger partial charge on any atom is -0.390 e. The van der Waals surface area contributed by atoms with Crippen LogP contribution in [-0.4, -0.2) is 32.6 Å². The Morgan fingerprint density at radius 3 is 2.58 bits per heavy atom. The van der Waals surface area contributed by atoms with Gasteiger partial charge >= 0.3 is 0 Å². The average molecular weight is 311 g/mol. The van der Waals surface area contributed by atoms with E-state index >= 15 is 0 Å². The molecule has 0 aromatic heterocycles. The Bertz CT molecular complexity index is 614. The predicted octanol–water partition coefficient (Wildman–Crippen LogP) is 1.12. The van der Waals surface area contributed by atoms with E-state index in [1.165, 1.54) is 6.07 Å². The minimum absolute atomic E-state index is 0.0707. The lowest BCUT2D eigenvalue weighted by molar-refractivity contribution is -0.0437. The maximum absolute atomic E-state index is 12.8. The number of aliphatic hydroxyl groups is 1. The predicted molar refractivity (Wildman–Crippen MR) is 63.4 cm³/mol. The van der Waals surface area contributed by atoms with Crippen LogP contribution in [0.4, 0.5) is 8.78 Å². The zero-order chi connectivity index (χ0) is 14.7. The Balaban J connectivity index is 2.96. The number of benzene rings is 1. The Labute approximate surface area is 113 Å². The highest BCUT2D eigenvalue weighted by Gasteiger charge is 2.30. The molecule has 0 heterocycles. The van der Waals surface area contributed by atoms with Crippen molar-refractivity contribution in [2.75, 3.05) is 13.2 Å². The van der Waals surface area contributed by atoms with Crippen molar-refractivity contribution in [2.45, 2.75) is 10.8 Å². The maximum atomic E-state index is 12.8. The molecule has 0 atom stereocenters. The highest BCUT2D eigenvalue weighted by atomic mass is 35.5. The van der Waals surface area contributed by atoms with E-state index in [1.54, 1.807) is 10.8 Å². The summed E-state index contributed by atoms with van der Waals surface area (Å²) in [6.07, 6.45) is 0. The van der Waals surface area contributed by atoms with Gasteiger partial charge in [-0.25, -0.2) is 21.9 Å². The molecule has 104 valence electrons. The largest absolute Gasteiger partial charge is 0.390 e. The molecule has 1 aromatic carbocycles. The molecule has 0 radical (unpaired) electrons. The van der Waals surface area contributed by atoms with Gasteiger partial charge in [-0.3, -0.25) is 0 Å². The summed E-state index contributed by atoms with van der Waals surface area (Å²) in [5.74, 6) is -3.55. The van der Waals surface area contributed by atoms with E-state index in [0.29, 0.717) is 0 Å². The molecule has 19 heavy (non-hydrogen) atoms. The van der Waals surface area contributed by atoms with E-state index in [1.807, 2.05) is 0 Å². The van der Waals surface area contributed by atoms with Crippen LogP contribution >= 0.6 is 11.6 Å². The van der Waals surface area contributed by atoms with Crippen LogP contribution in [0.2, 0.25) is 5.02 Å². The van der Waals surface area contributed by atoms with Crippen molar-refractivity contribution in [1.29, 1.82) is 5.26 Å². The summed E-state index contributed by atoms with van der Waals surface area (Å²) in [6.45, 7) is -2.70. The second-order valence-corrected chi connectivity index (χ2v) is 5.77. The van der Waals surface area contributed by atoms with Crippen LogP contribution < -0.4 is 4.72 Å². The number of hydrogen-bond acceptors (Lipinski definition) is 4. The van der Waals surface area contributed by atoms with Gasteiger partial charge in [0.1, 0.15) is 12.7 Å². The summed E-state index contributed by atoms with van der Waals surface area (Å²) < 4.78 is 50.5. The van der Waals surface area contributed by atoms with Gasteiger partial charge in [0.15, 0.2) is 0 Å². The van der Waals surface area contributed by atoms with Gasteiger partial charge in [-0.1, -0.05) is 11.6 Å². The summed E-state index contributed by atoms with van der Waals surface area (Å²) >= 11 is 5.65. The quantitative estimate of drug-likeness (QED) is 0.852. The Hall–Kier alpha value is -1.27. The third-order valence-electron chi connectivity index (χ3n) is 2.12. The van der Waals surface area contributed by atoms with Crippen LogP contribution in [-0.2, 0) is 10.0 Å². The Kier molecular flexibility index (Phi) is 4.81. The Morgan fingerprint density at radius 1 is 1.47 bits per heavy atom. The minimum atomic E-state index is -4.19. The molecule has 1 rings (SSSR count). The smallest absolute Gasteiger partial charge is 0.283 e. The number of rotatable bonds is 5. The van der Waals surface area contributed by atoms with Gasteiger partial charge < -0.3 is 5.11 Å². The SMILES string of the molecule is N#Cc1ccc(S(=O)(=O)NCC(F)(F)CO)cc1Cl. The van der Waals surface area contributed by atoms with E-state index in [9.17, 15) is 17.2 Å². The van der Waals surface area contributed by atoms with Crippen molar-refractivity contribution in [2.24, 2.45) is 0 Å². The number of nitrogens with one attached hydrogen (secondary N) is 1. The molecule has 0 unspecified atom stereocenters. The lowest BCUT2D eigenvalue weighted by atomic mass is 10.2. The first kappa shape index (κ1) is 15.8. The molecule has 0 saturated carbocycles. The molecular formula is C10H9ClF2N2O3S. The number of sulfonamides is 1. The molecule has 1 aromatic rings. The van der Waals surface area contributed by atoms with Crippen molar-refractivity contribution < 1.29 is 22.3 Å². The summed E-state index contributed by atoms with van der Waals surface area (Å²) in [4.78, 5) is -0.342. The number of nitrogens with zero attached hydrogens (tertiary/aromatic N) is 1. The van der Waals surface area contributed by atoms with Crippen LogP contribution in [0.3, 0.4) is 0 Å². The normalized spacial score (nSPS) is 12.2. The second-order valence-electron chi connectivity index (χ2n) is 3.59. The summed E-state index contributed by atoms with van der Waals surface area (Å²) in [6, 6.07) is 4.97. The number of hydrogen-bond donors (Lipinski definition) is 2. The maximum Gasteiger partial charge on any atom is 0.283 e. The molecule has 0 aliphatic heterocycles. The summed E-state index contributed by atoms with van der Waals surface area (Å²) in [7, 11) is -4.19. The van der Waals surface area contributed by atoms with Crippen molar-refractivity contribution in [3.63, 3.8) is 0 Å². The van der Waals surface area contributed by atoms with Gasteiger partial charge in [-0.05, 0) is 18.2 Å². The van der Waals surface area contributed by atoms with Crippen molar-refractivity contribution in [1.82, 2.24) is 4.72 Å². The number of nitriles is 1. The van der Waals surface area contributed by atoms with Gasteiger partial charge in [0.05, 0.1) is 22.0 Å². The van der Waals surface area contributed by atoms with E-state index < -0.39 is 29.1 Å². The molecule has 5 nitrogen and oxygen atoms in total. The van der Waals surface area contributed by atoms with E-state index in [0.717, 1.165) is 12.1 Å². The fourth-order valence-corrected chi connectivity index (χ4v) is 2.47. The zero-order valence-corrected chi connectivity index (χ0v) is 11.0. The fraction of sp³-hybridized carbons (Fsp3) is 0.300. The monoisotopic (exact) mass is 310 g/mol. The first-order valence-electron chi connectivity index (χ1n) is 4.90. The van der Waals surface area contributed by atoms with Crippen LogP contribution in [0.15, 0.2) is 23.1 Å². The molecular weight excluding hydrogens is 302 g/mol. The molecule has 9 heteroatoms. The third-order valence-corrected chi connectivity index (χ3v) is 3.84. The van der Waals surface area contributed by atoms with Crippen LogP contribution in [0.25, 0.3) is 0 Å². The van der Waals surface area contributed by atoms with Gasteiger partial charge in [-0.15, -0.1) is 0 Å². The van der Waals surface area contributed by atoms with Crippen LogP contribution in [0.1, 0.15) is 5.56 Å². The molecule has 0 amide bonds. The van der Waals surface area contributed by atoms with Gasteiger partial charge in [0.25, 0.3) is 5.92 Å². The van der Waals surface area contributed by atoms with Gasteiger partial charge in [0, 0.05) is 0 Å².